The van der Waals surface area contributed by atoms with Gasteiger partial charge in [0.15, 0.2) is 18.9 Å². The molecule has 17 heteroatoms. The van der Waals surface area contributed by atoms with Crippen LogP contribution in [0.15, 0.2) is 0 Å². The highest BCUT2D eigenvalue weighted by Crippen LogP contribution is 2.27. The Balaban J connectivity index is 0.000000478. The lowest BCUT2D eigenvalue weighted by Gasteiger charge is -2.38. The first-order chi connectivity index (χ1) is 26.4. The average molecular weight is 811 g/mol. The molecule has 0 radical (unpaired) electrons. The lowest BCUT2D eigenvalue weighted by Crippen LogP contribution is -2.49. The van der Waals surface area contributed by atoms with Gasteiger partial charge in [-0.15, -0.1) is 0 Å². The van der Waals surface area contributed by atoms with E-state index in [1.165, 1.54) is 0 Å². The standard InChI is InChI=1S/C26H46O11.C13H24O6/c1-15(9-5-7-11-23(30)31)34-26-21(29)14-22(18(4)36-26)37-24(32)12-8-6-10-16(2)33-25-20(28)13-19(27)17(3)35-25;1-8(5-3-4-6-12(16)17)18-13-11(15)7-10(14)9(2)19-13/h15-22,25-29H,5-14H2,1-4H3,(H,30,31);8-11,13-15H,3-7H2,1-2H3,(H,16,17)/t15-,16-,17?,18?,19-,20?,21?,22-,25-,26-;8-,9?,10-,11?,13-/m11/s1. The van der Waals surface area contributed by atoms with Gasteiger partial charge in [-0.25, -0.2) is 0 Å². The van der Waals surface area contributed by atoms with Gasteiger partial charge in [0, 0.05) is 38.5 Å². The van der Waals surface area contributed by atoms with Gasteiger partial charge in [0.05, 0.1) is 48.8 Å². The molecule has 328 valence electrons. The second kappa shape index (κ2) is 26.1. The molecule has 0 aliphatic carbocycles. The van der Waals surface area contributed by atoms with Gasteiger partial charge in [0.25, 0.3) is 0 Å². The monoisotopic (exact) mass is 810 g/mol. The topological polar surface area (TPSA) is 257 Å². The number of carbonyl (C=O) groups is 3. The average Bonchev–Trinajstić information content (AvgIpc) is 3.10. The third-order valence-corrected chi connectivity index (χ3v) is 10.2. The lowest BCUT2D eigenvalue weighted by molar-refractivity contribution is -0.276. The maximum Gasteiger partial charge on any atom is 0.306 e. The summed E-state index contributed by atoms with van der Waals surface area (Å²) in [5.74, 6) is -1.97. The number of unbranched alkanes of at least 4 members (excludes halogenated alkanes) is 3. The van der Waals surface area contributed by atoms with Crippen LogP contribution in [0.1, 0.15) is 138 Å². The van der Waals surface area contributed by atoms with E-state index < -0.39 is 79.6 Å². The van der Waals surface area contributed by atoms with Crippen LogP contribution >= 0.6 is 0 Å². The molecular weight excluding hydrogens is 740 g/mol. The Morgan fingerprint density at radius 1 is 0.518 bits per heavy atom. The molecule has 7 N–H and O–H groups in total. The molecule has 3 aliphatic rings. The number of ether oxygens (including phenoxy) is 7. The number of aliphatic hydroxyl groups is 5. The largest absolute Gasteiger partial charge is 0.481 e. The van der Waals surface area contributed by atoms with Crippen molar-refractivity contribution >= 4 is 17.9 Å². The quantitative estimate of drug-likeness (QED) is 0.0612. The minimum absolute atomic E-state index is 0.115. The molecule has 0 aromatic heterocycles. The summed E-state index contributed by atoms with van der Waals surface area (Å²) in [6.07, 6.45) is -1.38. The molecule has 3 rings (SSSR count). The maximum atomic E-state index is 12.3. The molecule has 0 spiro atoms. The fourth-order valence-corrected chi connectivity index (χ4v) is 6.57. The Labute approximate surface area is 330 Å². The summed E-state index contributed by atoms with van der Waals surface area (Å²) >= 11 is 0. The van der Waals surface area contributed by atoms with Crippen molar-refractivity contribution in [1.29, 1.82) is 0 Å². The Kier molecular flexibility index (Phi) is 23.4. The third-order valence-electron chi connectivity index (χ3n) is 10.2. The molecule has 3 heterocycles. The molecule has 0 saturated carbocycles. The summed E-state index contributed by atoms with van der Waals surface area (Å²) in [7, 11) is 0. The number of carboxylic acids is 2. The predicted molar refractivity (Wildman–Crippen MR) is 199 cm³/mol. The number of esters is 1. The molecule has 56 heavy (non-hydrogen) atoms. The first-order valence-electron chi connectivity index (χ1n) is 20.3. The SMILES string of the molecule is CC1O[C@@H](O[C@H](C)CCCCC(=O)O)C(O)C[C@H]1O.CC1O[C@@H](O[C@H](C)CCCCC(=O)O[C@@H]2CC(O)[C@H](O[C@H](C)CCCCC(=O)O)OC2C)C(O)C[C@H]1O. The molecule has 3 fully saturated rings. The highest BCUT2D eigenvalue weighted by atomic mass is 16.7. The van der Waals surface area contributed by atoms with Crippen LogP contribution in [0.2, 0.25) is 0 Å². The number of aliphatic hydroxyl groups excluding tert-OH is 5. The van der Waals surface area contributed by atoms with Crippen LogP contribution in [0, 0.1) is 0 Å². The summed E-state index contributed by atoms with van der Waals surface area (Å²) in [5, 5.41) is 66.8. The fraction of sp³-hybridized carbons (Fsp3) is 0.923. The molecule has 15 atom stereocenters. The third kappa shape index (κ3) is 19.6. The van der Waals surface area contributed by atoms with E-state index in [-0.39, 0.29) is 68.9 Å². The van der Waals surface area contributed by atoms with E-state index in [0.717, 1.165) is 19.3 Å². The van der Waals surface area contributed by atoms with E-state index in [2.05, 4.69) is 0 Å². The zero-order valence-electron chi connectivity index (χ0n) is 34.0. The number of aliphatic carboxylic acids is 2. The van der Waals surface area contributed by atoms with Crippen molar-refractivity contribution in [2.24, 2.45) is 0 Å². The zero-order chi connectivity index (χ0) is 41.9. The number of hydrogen-bond donors (Lipinski definition) is 7. The summed E-state index contributed by atoms with van der Waals surface area (Å²) in [6.45, 7) is 10.9. The van der Waals surface area contributed by atoms with Crippen molar-refractivity contribution in [3.63, 3.8) is 0 Å². The van der Waals surface area contributed by atoms with Gasteiger partial charge in [-0.2, -0.15) is 0 Å². The van der Waals surface area contributed by atoms with Gasteiger partial charge >= 0.3 is 17.9 Å². The van der Waals surface area contributed by atoms with E-state index in [1.807, 2.05) is 20.8 Å². The summed E-state index contributed by atoms with van der Waals surface area (Å²) in [4.78, 5) is 33.3. The number of hydrogen-bond acceptors (Lipinski definition) is 15. The number of rotatable bonds is 22. The molecule has 3 aliphatic heterocycles. The van der Waals surface area contributed by atoms with Crippen LogP contribution in [0.4, 0.5) is 0 Å². The summed E-state index contributed by atoms with van der Waals surface area (Å²) in [5.41, 5.74) is 0. The number of carboxylic acid groups (broad SMARTS) is 2. The summed E-state index contributed by atoms with van der Waals surface area (Å²) in [6, 6.07) is 0. The molecule has 17 nitrogen and oxygen atoms in total. The molecule has 3 saturated heterocycles. The van der Waals surface area contributed by atoms with E-state index in [9.17, 15) is 39.9 Å². The fourth-order valence-electron chi connectivity index (χ4n) is 6.57. The van der Waals surface area contributed by atoms with Gasteiger partial charge < -0.3 is 68.9 Å². The van der Waals surface area contributed by atoms with Crippen molar-refractivity contribution in [1.82, 2.24) is 0 Å². The Morgan fingerprint density at radius 2 is 0.857 bits per heavy atom. The summed E-state index contributed by atoms with van der Waals surface area (Å²) < 4.78 is 39.4. The van der Waals surface area contributed by atoms with E-state index in [4.69, 9.17) is 43.4 Å². The van der Waals surface area contributed by atoms with E-state index >= 15 is 0 Å². The van der Waals surface area contributed by atoms with Crippen LogP contribution in [0.3, 0.4) is 0 Å². The van der Waals surface area contributed by atoms with Gasteiger partial charge in [-0.05, 0) is 80.1 Å². The predicted octanol–water partition coefficient (Wildman–Crippen LogP) is 3.16. The van der Waals surface area contributed by atoms with Crippen molar-refractivity contribution in [2.75, 3.05) is 0 Å². The van der Waals surface area contributed by atoms with Gasteiger partial charge in [-0.1, -0.05) is 19.3 Å². The van der Waals surface area contributed by atoms with Crippen molar-refractivity contribution in [2.45, 2.75) is 230 Å². The van der Waals surface area contributed by atoms with Crippen LogP contribution in [-0.4, -0.2) is 146 Å². The molecular formula is C39H70O17. The smallest absolute Gasteiger partial charge is 0.306 e. The Bertz CT molecular complexity index is 1130. The zero-order valence-corrected chi connectivity index (χ0v) is 34.0. The second-order valence-corrected chi connectivity index (χ2v) is 15.6. The Hall–Kier alpha value is -2.03. The van der Waals surface area contributed by atoms with Gasteiger partial charge in [0.2, 0.25) is 0 Å². The van der Waals surface area contributed by atoms with Gasteiger partial charge in [0.1, 0.15) is 24.4 Å². The van der Waals surface area contributed by atoms with E-state index in [1.54, 1.807) is 20.8 Å². The van der Waals surface area contributed by atoms with E-state index in [0.29, 0.717) is 38.5 Å². The second-order valence-electron chi connectivity index (χ2n) is 15.6. The molecule has 0 aromatic rings. The van der Waals surface area contributed by atoms with Crippen molar-refractivity contribution < 1.29 is 83.3 Å². The van der Waals surface area contributed by atoms with Crippen LogP contribution in [0.25, 0.3) is 0 Å². The minimum atomic E-state index is -0.936. The van der Waals surface area contributed by atoms with Crippen LogP contribution in [-0.2, 0) is 47.5 Å². The highest BCUT2D eigenvalue weighted by molar-refractivity contribution is 5.69. The van der Waals surface area contributed by atoms with Gasteiger partial charge in [-0.3, -0.25) is 14.4 Å². The lowest BCUT2D eigenvalue weighted by atomic mass is 10.0. The number of carbonyl (C=O) groups excluding carboxylic acids is 1. The Morgan fingerprint density at radius 3 is 1.23 bits per heavy atom. The highest BCUT2D eigenvalue weighted by Gasteiger charge is 2.39. The molecule has 0 bridgehead atoms. The first-order valence-corrected chi connectivity index (χ1v) is 20.3. The van der Waals surface area contributed by atoms with Crippen molar-refractivity contribution in [3.8, 4) is 0 Å². The normalized spacial score (nSPS) is 33.7. The minimum Gasteiger partial charge on any atom is -0.481 e. The molecule has 6 unspecified atom stereocenters. The molecule has 0 amide bonds. The van der Waals surface area contributed by atoms with Crippen molar-refractivity contribution in [3.05, 3.63) is 0 Å². The van der Waals surface area contributed by atoms with Crippen LogP contribution < -0.4 is 0 Å². The first kappa shape index (κ1) is 50.1. The van der Waals surface area contributed by atoms with Crippen LogP contribution in [0.5, 0.6) is 0 Å². The molecule has 0 aromatic carbocycles. The maximum absolute atomic E-state index is 12.3.